The van der Waals surface area contributed by atoms with Gasteiger partial charge in [-0.15, -0.1) is 0 Å². The average molecular weight is 658 g/mol. The van der Waals surface area contributed by atoms with Crippen molar-refractivity contribution >= 4 is 40.1 Å². The van der Waals surface area contributed by atoms with Gasteiger partial charge in [0.05, 0.1) is 49.8 Å². The summed E-state index contributed by atoms with van der Waals surface area (Å²) in [5.41, 5.74) is 1.77. The zero-order valence-electron chi connectivity index (χ0n) is 26.6. The number of amides is 1. The Morgan fingerprint density at radius 1 is 1.02 bits per heavy atom. The summed E-state index contributed by atoms with van der Waals surface area (Å²) in [5.74, 6) is 0.684. The van der Waals surface area contributed by atoms with Gasteiger partial charge >= 0.3 is 5.97 Å². The van der Waals surface area contributed by atoms with Gasteiger partial charge in [0.15, 0.2) is 22.9 Å². The van der Waals surface area contributed by atoms with Gasteiger partial charge < -0.3 is 28.6 Å². The number of nitrogens with zero attached hydrogens (tertiary/aromatic N) is 3. The van der Waals surface area contributed by atoms with Crippen molar-refractivity contribution in [2.45, 2.75) is 19.9 Å². The molecule has 47 heavy (non-hydrogen) atoms. The highest BCUT2D eigenvalue weighted by Gasteiger charge is 2.36. The summed E-state index contributed by atoms with van der Waals surface area (Å²) in [5, 5.41) is 1.78. The number of carbonyl (C=O) groups excluding carboxylic acids is 2. The molecule has 1 saturated heterocycles. The highest BCUT2D eigenvalue weighted by atomic mass is 32.1. The molecule has 0 aliphatic carbocycles. The molecule has 1 fully saturated rings. The van der Waals surface area contributed by atoms with E-state index in [4.69, 9.17) is 28.7 Å². The maximum Gasteiger partial charge on any atom is 0.338 e. The van der Waals surface area contributed by atoms with E-state index in [1.165, 1.54) is 18.4 Å². The molecule has 244 valence electrons. The topological polar surface area (TPSA) is 118 Å². The Morgan fingerprint density at radius 3 is 2.51 bits per heavy atom. The van der Waals surface area contributed by atoms with Gasteiger partial charge in [-0.1, -0.05) is 47.7 Å². The van der Waals surface area contributed by atoms with Crippen LogP contribution in [-0.2, 0) is 19.1 Å². The standard InChI is InChI=1S/C35H35N3O8S/c1-5-45-34(41)30-21(2)36-35-38(32(30)31-24-9-7-6-8-23(24)11-13-26(31)42-3)33(40)28(47-35)19-22-10-12-25(27(18-22)43-4)46-20-29(39)37-14-16-44-17-15-37/h6-13,18-19,32H,5,14-17,20H2,1-4H3/b28-19+/t32-/m0/s1. The third kappa shape index (κ3) is 6.26. The van der Waals surface area contributed by atoms with Crippen molar-refractivity contribution < 1.29 is 33.3 Å². The van der Waals surface area contributed by atoms with E-state index < -0.39 is 12.0 Å². The normalized spacial score (nSPS) is 16.5. The van der Waals surface area contributed by atoms with E-state index in [2.05, 4.69) is 0 Å². The van der Waals surface area contributed by atoms with Crippen LogP contribution in [0.1, 0.15) is 31.0 Å². The van der Waals surface area contributed by atoms with Crippen LogP contribution in [0.25, 0.3) is 16.8 Å². The number of thiazole rings is 1. The smallest absolute Gasteiger partial charge is 0.338 e. The molecule has 0 bridgehead atoms. The Balaban J connectivity index is 1.42. The number of allylic oxidation sites excluding steroid dienone is 1. The lowest BCUT2D eigenvalue weighted by molar-refractivity contribution is -0.139. The molecule has 1 amide bonds. The summed E-state index contributed by atoms with van der Waals surface area (Å²) in [4.78, 5) is 47.2. The Labute approximate surface area is 274 Å². The quantitative estimate of drug-likeness (QED) is 0.252. The third-order valence-electron chi connectivity index (χ3n) is 8.14. The van der Waals surface area contributed by atoms with Gasteiger partial charge in [0.2, 0.25) is 0 Å². The predicted octanol–water partition coefficient (Wildman–Crippen LogP) is 3.21. The minimum atomic E-state index is -0.845. The van der Waals surface area contributed by atoms with Crippen LogP contribution in [0.5, 0.6) is 17.2 Å². The van der Waals surface area contributed by atoms with E-state index in [1.54, 1.807) is 54.7 Å². The largest absolute Gasteiger partial charge is 0.496 e. The maximum absolute atomic E-state index is 14.3. The predicted molar refractivity (Wildman–Crippen MR) is 177 cm³/mol. The molecule has 3 heterocycles. The fourth-order valence-corrected chi connectivity index (χ4v) is 6.93. The van der Waals surface area contributed by atoms with E-state index >= 15 is 0 Å². The number of fused-ring (bicyclic) bond motifs is 2. The second kappa shape index (κ2) is 13.8. The van der Waals surface area contributed by atoms with Gasteiger partial charge in [-0.05, 0) is 54.5 Å². The van der Waals surface area contributed by atoms with E-state index in [-0.39, 0.29) is 30.3 Å². The van der Waals surface area contributed by atoms with Crippen molar-refractivity contribution in [1.29, 1.82) is 0 Å². The van der Waals surface area contributed by atoms with Crippen molar-refractivity contribution in [1.82, 2.24) is 9.47 Å². The van der Waals surface area contributed by atoms with Crippen LogP contribution in [0.3, 0.4) is 0 Å². The van der Waals surface area contributed by atoms with Gasteiger partial charge in [0, 0.05) is 18.7 Å². The second-order valence-electron chi connectivity index (χ2n) is 10.9. The van der Waals surface area contributed by atoms with Crippen LogP contribution < -0.4 is 29.1 Å². The van der Waals surface area contributed by atoms with Crippen molar-refractivity contribution in [3.63, 3.8) is 0 Å². The first-order valence-electron chi connectivity index (χ1n) is 15.3. The van der Waals surface area contributed by atoms with Gasteiger partial charge in [-0.25, -0.2) is 9.79 Å². The maximum atomic E-state index is 14.3. The van der Waals surface area contributed by atoms with Gasteiger partial charge in [-0.2, -0.15) is 0 Å². The number of esters is 1. The van der Waals surface area contributed by atoms with Crippen LogP contribution in [0, 0.1) is 0 Å². The van der Waals surface area contributed by atoms with Gasteiger partial charge in [-0.3, -0.25) is 14.2 Å². The van der Waals surface area contributed by atoms with Crippen LogP contribution >= 0.6 is 11.3 Å². The molecule has 0 spiro atoms. The number of hydrogen-bond donors (Lipinski definition) is 0. The molecule has 0 saturated carbocycles. The first-order valence-corrected chi connectivity index (χ1v) is 16.1. The Kier molecular flexibility index (Phi) is 9.41. The van der Waals surface area contributed by atoms with E-state index in [1.807, 2.05) is 36.4 Å². The fraction of sp³-hybridized carbons (Fsp3) is 0.314. The fourth-order valence-electron chi connectivity index (χ4n) is 5.89. The summed E-state index contributed by atoms with van der Waals surface area (Å²) >= 11 is 1.22. The highest BCUT2D eigenvalue weighted by molar-refractivity contribution is 7.07. The molecule has 12 heteroatoms. The summed E-state index contributed by atoms with van der Waals surface area (Å²) in [6.07, 6.45) is 1.75. The van der Waals surface area contributed by atoms with Gasteiger partial charge in [0.25, 0.3) is 11.5 Å². The third-order valence-corrected chi connectivity index (χ3v) is 9.12. The molecule has 4 aromatic rings. The Bertz CT molecular complexity index is 2060. The van der Waals surface area contributed by atoms with E-state index in [9.17, 15) is 14.4 Å². The summed E-state index contributed by atoms with van der Waals surface area (Å²) in [6, 6.07) is 16.0. The van der Waals surface area contributed by atoms with Crippen LogP contribution in [0.2, 0.25) is 0 Å². The lowest BCUT2D eigenvalue weighted by Crippen LogP contribution is -2.43. The highest BCUT2D eigenvalue weighted by Crippen LogP contribution is 2.40. The number of benzene rings is 3. The molecule has 3 aromatic carbocycles. The van der Waals surface area contributed by atoms with E-state index in [0.29, 0.717) is 69.7 Å². The minimum absolute atomic E-state index is 0.129. The van der Waals surface area contributed by atoms with Crippen molar-refractivity contribution in [2.75, 3.05) is 53.7 Å². The summed E-state index contributed by atoms with van der Waals surface area (Å²) in [7, 11) is 3.08. The minimum Gasteiger partial charge on any atom is -0.496 e. The lowest BCUT2D eigenvalue weighted by Gasteiger charge is -2.27. The van der Waals surface area contributed by atoms with Crippen molar-refractivity contribution in [3.05, 3.63) is 96.7 Å². The molecule has 1 atom stereocenters. The molecule has 0 unspecified atom stereocenters. The summed E-state index contributed by atoms with van der Waals surface area (Å²) in [6.45, 7) is 5.61. The molecule has 1 aromatic heterocycles. The number of morpholine rings is 1. The summed E-state index contributed by atoms with van der Waals surface area (Å²) < 4.78 is 29.9. The van der Waals surface area contributed by atoms with Crippen LogP contribution in [-0.4, -0.2) is 75.1 Å². The van der Waals surface area contributed by atoms with Crippen LogP contribution in [0.15, 0.2) is 75.7 Å². The van der Waals surface area contributed by atoms with Crippen molar-refractivity contribution in [3.8, 4) is 17.2 Å². The number of methoxy groups -OCH3 is 2. The second-order valence-corrected chi connectivity index (χ2v) is 11.9. The monoisotopic (exact) mass is 657 g/mol. The first-order chi connectivity index (χ1) is 22.8. The average Bonchev–Trinajstić information content (AvgIpc) is 3.40. The number of hydrogen-bond acceptors (Lipinski definition) is 10. The zero-order valence-corrected chi connectivity index (χ0v) is 27.4. The lowest BCUT2D eigenvalue weighted by atomic mass is 9.90. The molecular formula is C35H35N3O8S. The molecule has 0 N–H and O–H groups in total. The molecule has 2 aliphatic rings. The first kappa shape index (κ1) is 32.0. The Hall–Kier alpha value is -4.94. The number of rotatable bonds is 9. The Morgan fingerprint density at radius 2 is 1.77 bits per heavy atom. The number of aromatic nitrogens is 1. The zero-order chi connectivity index (χ0) is 33.1. The number of ether oxygens (including phenoxy) is 5. The van der Waals surface area contributed by atoms with Gasteiger partial charge in [0.1, 0.15) is 11.8 Å². The molecular weight excluding hydrogens is 622 g/mol. The molecule has 6 rings (SSSR count). The molecule has 2 aliphatic heterocycles. The van der Waals surface area contributed by atoms with Crippen LogP contribution in [0.4, 0.5) is 0 Å². The number of carbonyl (C=O) groups is 2. The molecule has 11 nitrogen and oxygen atoms in total. The van der Waals surface area contributed by atoms with Crippen molar-refractivity contribution in [2.24, 2.45) is 4.99 Å². The molecule has 0 radical (unpaired) electrons. The SMILES string of the molecule is CCOC(=O)C1=C(C)N=c2s/c(=C/c3ccc(OCC(=O)N4CCOCC4)c(OC)c3)c(=O)n2[C@@H]1c1c(OC)ccc2ccccc12. The van der Waals surface area contributed by atoms with E-state index in [0.717, 1.165) is 10.8 Å².